The summed E-state index contributed by atoms with van der Waals surface area (Å²) in [5.74, 6) is 2.14. The Morgan fingerprint density at radius 2 is 2.04 bits per heavy atom. The van der Waals surface area contributed by atoms with Gasteiger partial charge in [-0.05, 0) is 35.9 Å². The normalized spacial score (nSPS) is 17.5. The van der Waals surface area contributed by atoms with E-state index < -0.39 is 5.97 Å². The third kappa shape index (κ3) is 2.83. The van der Waals surface area contributed by atoms with E-state index in [0.717, 1.165) is 11.3 Å². The van der Waals surface area contributed by atoms with Gasteiger partial charge < -0.3 is 18.6 Å². The molecule has 1 aromatic carbocycles. The Morgan fingerprint density at radius 1 is 1.13 bits per heavy atom. The molecule has 0 radical (unpaired) electrons. The summed E-state index contributed by atoms with van der Waals surface area (Å²) < 4.78 is 21.0. The van der Waals surface area contributed by atoms with Gasteiger partial charge in [0.05, 0.1) is 6.26 Å². The van der Waals surface area contributed by atoms with E-state index in [9.17, 15) is 4.79 Å². The highest BCUT2D eigenvalue weighted by Crippen LogP contribution is 2.33. The minimum absolute atomic E-state index is 0.215. The highest BCUT2D eigenvalue weighted by Gasteiger charge is 2.23. The van der Waals surface area contributed by atoms with E-state index in [4.69, 9.17) is 18.6 Å². The van der Waals surface area contributed by atoms with Crippen LogP contribution in [0.15, 0.2) is 51.7 Å². The number of ether oxygens (including phenoxy) is 3. The van der Waals surface area contributed by atoms with Gasteiger partial charge in [0.25, 0.3) is 0 Å². The molecule has 0 unspecified atom stereocenters. The van der Waals surface area contributed by atoms with Crippen molar-refractivity contribution in [3.8, 4) is 11.5 Å². The lowest BCUT2D eigenvalue weighted by Crippen LogP contribution is -2.04. The number of fused-ring (bicyclic) bond motifs is 1. The van der Waals surface area contributed by atoms with Crippen molar-refractivity contribution in [2.45, 2.75) is 12.8 Å². The molecule has 0 fully saturated rings. The number of carbonyl (C=O) groups excluding carboxylic acids is 1. The lowest BCUT2D eigenvalue weighted by atomic mass is 10.1. The summed E-state index contributed by atoms with van der Waals surface area (Å²) in [6.45, 7) is 0.215. The molecule has 1 aromatic heterocycles. The van der Waals surface area contributed by atoms with E-state index in [1.165, 1.54) is 0 Å². The predicted octanol–water partition coefficient (Wildman–Crippen LogP) is 2.94. The van der Waals surface area contributed by atoms with Crippen molar-refractivity contribution in [1.82, 2.24) is 0 Å². The maximum atomic E-state index is 11.9. The summed E-state index contributed by atoms with van der Waals surface area (Å²) >= 11 is 0. The van der Waals surface area contributed by atoms with E-state index in [0.29, 0.717) is 30.2 Å². The molecule has 0 N–H and O–H groups in total. The number of carbonyl (C=O) groups is 1. The van der Waals surface area contributed by atoms with E-state index in [1.54, 1.807) is 24.5 Å². The first-order valence-corrected chi connectivity index (χ1v) is 7.21. The molecule has 0 saturated heterocycles. The molecule has 2 aromatic rings. The Hall–Kier alpha value is -3.02. The van der Waals surface area contributed by atoms with Gasteiger partial charge in [0.1, 0.15) is 5.76 Å². The van der Waals surface area contributed by atoms with Crippen molar-refractivity contribution >= 4 is 17.9 Å². The summed E-state index contributed by atoms with van der Waals surface area (Å²) in [5, 5.41) is 0. The molecule has 6 heteroatoms. The van der Waals surface area contributed by atoms with Crippen LogP contribution in [0, 0.1) is 0 Å². The second-order valence-corrected chi connectivity index (χ2v) is 5.12. The number of aryl methyl sites for hydroxylation is 1. The number of hydrogen-bond donors (Lipinski definition) is 0. The number of nitrogens with zero attached hydrogens (tertiary/aromatic N) is 1. The molecule has 0 atom stereocenters. The van der Waals surface area contributed by atoms with Crippen molar-refractivity contribution in [1.29, 1.82) is 0 Å². The molecule has 116 valence electrons. The maximum absolute atomic E-state index is 11.9. The van der Waals surface area contributed by atoms with Gasteiger partial charge in [0, 0.05) is 12.8 Å². The quantitative estimate of drug-likeness (QED) is 0.641. The van der Waals surface area contributed by atoms with Gasteiger partial charge in [-0.25, -0.2) is 9.79 Å². The molecule has 2 aliphatic heterocycles. The zero-order chi connectivity index (χ0) is 15.6. The molecule has 3 heterocycles. The van der Waals surface area contributed by atoms with Crippen LogP contribution >= 0.6 is 0 Å². The Balaban J connectivity index is 1.50. The maximum Gasteiger partial charge on any atom is 0.363 e. The van der Waals surface area contributed by atoms with Crippen molar-refractivity contribution in [3.63, 3.8) is 0 Å². The van der Waals surface area contributed by atoms with Crippen LogP contribution in [0.3, 0.4) is 0 Å². The van der Waals surface area contributed by atoms with Crippen molar-refractivity contribution in [3.05, 3.63) is 53.6 Å². The van der Waals surface area contributed by atoms with Gasteiger partial charge in [0.2, 0.25) is 6.79 Å². The first-order chi connectivity index (χ1) is 11.3. The van der Waals surface area contributed by atoms with Crippen LogP contribution in [-0.2, 0) is 16.0 Å². The molecule has 0 amide bonds. The number of rotatable bonds is 4. The number of furan rings is 1. The van der Waals surface area contributed by atoms with Gasteiger partial charge in [0.15, 0.2) is 23.1 Å². The third-order valence-corrected chi connectivity index (χ3v) is 3.53. The van der Waals surface area contributed by atoms with Crippen LogP contribution in [0.25, 0.3) is 6.08 Å². The largest absolute Gasteiger partial charge is 0.469 e. The molecule has 23 heavy (non-hydrogen) atoms. The predicted molar refractivity (Wildman–Crippen MR) is 81.1 cm³/mol. The highest BCUT2D eigenvalue weighted by atomic mass is 16.7. The molecule has 0 saturated carbocycles. The summed E-state index contributed by atoms with van der Waals surface area (Å²) in [7, 11) is 0. The molecule has 2 aliphatic rings. The fourth-order valence-corrected chi connectivity index (χ4v) is 2.41. The summed E-state index contributed by atoms with van der Waals surface area (Å²) in [5.41, 5.74) is 1.08. The molecular weight excluding hydrogens is 298 g/mol. The second kappa shape index (κ2) is 5.64. The second-order valence-electron chi connectivity index (χ2n) is 5.12. The van der Waals surface area contributed by atoms with E-state index >= 15 is 0 Å². The number of esters is 1. The first-order valence-electron chi connectivity index (χ1n) is 7.21. The summed E-state index contributed by atoms with van der Waals surface area (Å²) in [6.07, 6.45) is 4.43. The van der Waals surface area contributed by atoms with Crippen LogP contribution in [0.2, 0.25) is 0 Å². The number of benzene rings is 1. The van der Waals surface area contributed by atoms with Gasteiger partial charge >= 0.3 is 5.97 Å². The van der Waals surface area contributed by atoms with E-state index in [2.05, 4.69) is 4.99 Å². The van der Waals surface area contributed by atoms with E-state index in [1.807, 2.05) is 18.2 Å². The molecule has 0 aliphatic carbocycles. The zero-order valence-corrected chi connectivity index (χ0v) is 12.2. The van der Waals surface area contributed by atoms with Gasteiger partial charge in [-0.15, -0.1) is 0 Å². The summed E-state index contributed by atoms with van der Waals surface area (Å²) in [6, 6.07) is 9.14. The Labute approximate surface area is 132 Å². The van der Waals surface area contributed by atoms with Gasteiger partial charge in [-0.2, -0.15) is 0 Å². The lowest BCUT2D eigenvalue weighted by molar-refractivity contribution is -0.130. The lowest BCUT2D eigenvalue weighted by Gasteiger charge is -1.98. The fraction of sp³-hybridized carbons (Fsp3) is 0.176. The highest BCUT2D eigenvalue weighted by molar-refractivity contribution is 6.07. The average Bonchev–Trinajstić information content (AvgIpc) is 3.27. The van der Waals surface area contributed by atoms with E-state index in [-0.39, 0.29) is 12.5 Å². The SMILES string of the molecule is O=C1OC(CCc2ccco2)=N/C1=C/c1ccc2c(c1)OCO2. The fourth-order valence-electron chi connectivity index (χ4n) is 2.41. The van der Waals surface area contributed by atoms with Gasteiger partial charge in [-0.1, -0.05) is 6.07 Å². The smallest absolute Gasteiger partial charge is 0.363 e. The minimum Gasteiger partial charge on any atom is -0.469 e. The zero-order valence-electron chi connectivity index (χ0n) is 12.2. The Morgan fingerprint density at radius 3 is 2.91 bits per heavy atom. The first kappa shape index (κ1) is 13.6. The van der Waals surface area contributed by atoms with Crippen molar-refractivity contribution in [2.75, 3.05) is 6.79 Å². The van der Waals surface area contributed by atoms with Gasteiger partial charge in [-0.3, -0.25) is 0 Å². The Kier molecular flexibility index (Phi) is 3.34. The monoisotopic (exact) mass is 311 g/mol. The molecule has 0 bridgehead atoms. The Bertz CT molecular complexity index is 804. The van der Waals surface area contributed by atoms with Crippen LogP contribution < -0.4 is 9.47 Å². The molecule has 4 rings (SSSR count). The van der Waals surface area contributed by atoms with Crippen LogP contribution in [0.1, 0.15) is 17.7 Å². The number of aliphatic imine (C=N–C) groups is 1. The molecular formula is C17H13NO5. The number of hydrogen-bond acceptors (Lipinski definition) is 6. The standard InChI is InChI=1S/C17H13NO5/c19-17-13(8-11-3-5-14-15(9-11)22-10-21-14)18-16(23-17)6-4-12-2-1-7-20-12/h1-3,5,7-9H,4,6,10H2/b13-8+. The minimum atomic E-state index is -0.447. The van der Waals surface area contributed by atoms with Crippen molar-refractivity contribution < 1.29 is 23.4 Å². The third-order valence-electron chi connectivity index (χ3n) is 3.53. The summed E-state index contributed by atoms with van der Waals surface area (Å²) in [4.78, 5) is 16.1. The average molecular weight is 311 g/mol. The topological polar surface area (TPSA) is 70.3 Å². The van der Waals surface area contributed by atoms with Crippen LogP contribution in [0.5, 0.6) is 11.5 Å². The van der Waals surface area contributed by atoms with Crippen LogP contribution in [-0.4, -0.2) is 18.7 Å². The van der Waals surface area contributed by atoms with Crippen molar-refractivity contribution in [2.24, 2.45) is 4.99 Å². The molecule has 6 nitrogen and oxygen atoms in total. The number of cyclic esters (lactones) is 1. The van der Waals surface area contributed by atoms with Crippen LogP contribution in [0.4, 0.5) is 0 Å². The molecule has 0 spiro atoms.